The van der Waals surface area contributed by atoms with Crippen molar-refractivity contribution >= 4 is 29.3 Å². The summed E-state index contributed by atoms with van der Waals surface area (Å²) in [6.07, 6.45) is 8.57. The average Bonchev–Trinajstić information content (AvgIpc) is 3.28. The maximum atomic E-state index is 12.6. The van der Waals surface area contributed by atoms with E-state index in [0.29, 0.717) is 31.4 Å². The quantitative estimate of drug-likeness (QED) is 0.0809. The summed E-state index contributed by atoms with van der Waals surface area (Å²) in [5.74, 6) is 0.308. The fraction of sp³-hybridized carbons (Fsp3) is 0.528. The van der Waals surface area contributed by atoms with Crippen LogP contribution in [0.4, 0.5) is 0 Å². The summed E-state index contributed by atoms with van der Waals surface area (Å²) in [5.41, 5.74) is 3.79. The van der Waals surface area contributed by atoms with Crippen molar-refractivity contribution in [1.82, 2.24) is 0 Å². The molecule has 3 rings (SSSR count). The SMILES string of the molecule is CCCCCc1ccc(C(=O)COC(=O)CCCSCC[C@H]2C(=O)C[C@@H](O)C2/C=C/[C@@H](O)Cc2cccc(COC)c2)cc1. The van der Waals surface area contributed by atoms with Crippen LogP contribution in [0.5, 0.6) is 0 Å². The Morgan fingerprint density at radius 2 is 1.82 bits per heavy atom. The van der Waals surface area contributed by atoms with Gasteiger partial charge in [-0.3, -0.25) is 14.4 Å². The van der Waals surface area contributed by atoms with Crippen molar-refractivity contribution in [2.24, 2.45) is 11.8 Å². The van der Waals surface area contributed by atoms with Crippen molar-refractivity contribution in [1.29, 1.82) is 0 Å². The number of unbranched alkanes of at least 4 members (excludes halogenated alkanes) is 2. The number of rotatable bonds is 20. The first-order valence-electron chi connectivity index (χ1n) is 15.8. The molecule has 2 aromatic carbocycles. The molecule has 240 valence electrons. The number of carbonyl (C=O) groups excluding carboxylic acids is 3. The molecule has 1 fully saturated rings. The smallest absolute Gasteiger partial charge is 0.306 e. The minimum absolute atomic E-state index is 0.0499. The van der Waals surface area contributed by atoms with Gasteiger partial charge in [-0.25, -0.2) is 0 Å². The van der Waals surface area contributed by atoms with E-state index < -0.39 is 18.2 Å². The van der Waals surface area contributed by atoms with Crippen molar-refractivity contribution in [2.45, 2.75) is 83.5 Å². The zero-order valence-corrected chi connectivity index (χ0v) is 26.9. The first-order valence-corrected chi connectivity index (χ1v) is 17.0. The third-order valence-corrected chi connectivity index (χ3v) is 9.09. The van der Waals surface area contributed by atoms with Crippen molar-refractivity contribution in [3.8, 4) is 0 Å². The summed E-state index contributed by atoms with van der Waals surface area (Å²) >= 11 is 1.66. The molecule has 4 atom stereocenters. The van der Waals surface area contributed by atoms with Crippen LogP contribution < -0.4 is 0 Å². The summed E-state index contributed by atoms with van der Waals surface area (Å²) < 4.78 is 10.4. The van der Waals surface area contributed by atoms with Crippen molar-refractivity contribution in [2.75, 3.05) is 25.2 Å². The number of ketones is 2. The molecule has 1 aliphatic rings. The lowest BCUT2D eigenvalue weighted by atomic mass is 9.91. The number of ether oxygens (including phenoxy) is 2. The number of hydrogen-bond acceptors (Lipinski definition) is 8. The summed E-state index contributed by atoms with van der Waals surface area (Å²) in [6, 6.07) is 15.4. The van der Waals surface area contributed by atoms with E-state index in [-0.39, 0.29) is 42.9 Å². The molecule has 0 radical (unpaired) electrons. The highest BCUT2D eigenvalue weighted by molar-refractivity contribution is 7.99. The zero-order valence-electron chi connectivity index (χ0n) is 26.1. The first kappa shape index (κ1) is 35.7. The number of benzene rings is 2. The molecule has 0 aliphatic heterocycles. The van der Waals surface area contributed by atoms with Crippen LogP contribution in [0.1, 0.15) is 78.9 Å². The molecular weight excluding hydrogens is 576 g/mol. The zero-order chi connectivity index (χ0) is 31.7. The second-order valence-electron chi connectivity index (χ2n) is 11.6. The van der Waals surface area contributed by atoms with Crippen molar-refractivity contribution < 1.29 is 34.1 Å². The van der Waals surface area contributed by atoms with Gasteiger partial charge in [-0.2, -0.15) is 11.8 Å². The number of esters is 1. The Bertz CT molecular complexity index is 1210. The van der Waals surface area contributed by atoms with Crippen LogP contribution in [-0.4, -0.2) is 65.2 Å². The molecule has 7 nitrogen and oxygen atoms in total. The predicted molar refractivity (Wildman–Crippen MR) is 175 cm³/mol. The van der Waals surface area contributed by atoms with Crippen LogP contribution in [0, 0.1) is 11.8 Å². The summed E-state index contributed by atoms with van der Waals surface area (Å²) in [4.78, 5) is 37.1. The molecule has 0 spiro atoms. The highest BCUT2D eigenvalue weighted by Gasteiger charge is 2.39. The van der Waals surface area contributed by atoms with Gasteiger partial charge >= 0.3 is 5.97 Å². The number of aryl methyl sites for hydroxylation is 1. The maximum absolute atomic E-state index is 12.6. The van der Waals surface area contributed by atoms with Gasteiger partial charge in [0.05, 0.1) is 18.8 Å². The Balaban J connectivity index is 1.32. The number of aliphatic hydroxyl groups is 2. The Labute approximate surface area is 266 Å². The Kier molecular flexibility index (Phi) is 15.9. The lowest BCUT2D eigenvalue weighted by Crippen LogP contribution is -2.20. The molecule has 44 heavy (non-hydrogen) atoms. The summed E-state index contributed by atoms with van der Waals surface area (Å²) in [7, 11) is 1.64. The lowest BCUT2D eigenvalue weighted by Gasteiger charge is -2.18. The highest BCUT2D eigenvalue weighted by atomic mass is 32.2. The van der Waals surface area contributed by atoms with Crippen LogP contribution in [0.25, 0.3) is 0 Å². The minimum atomic E-state index is -0.743. The Morgan fingerprint density at radius 3 is 2.57 bits per heavy atom. The van der Waals surface area contributed by atoms with E-state index in [1.165, 1.54) is 18.4 Å². The molecule has 0 amide bonds. The van der Waals surface area contributed by atoms with Gasteiger partial charge in [-0.05, 0) is 53.9 Å². The highest BCUT2D eigenvalue weighted by Crippen LogP contribution is 2.34. The molecule has 1 saturated carbocycles. The number of Topliss-reactive ketones (excluding diaryl/α,β-unsaturated/α-hetero) is 2. The van der Waals surface area contributed by atoms with E-state index in [9.17, 15) is 24.6 Å². The van der Waals surface area contributed by atoms with Gasteiger partial charge in [0.15, 0.2) is 12.4 Å². The number of hydrogen-bond donors (Lipinski definition) is 2. The lowest BCUT2D eigenvalue weighted by molar-refractivity contribution is -0.142. The average molecular weight is 625 g/mol. The van der Waals surface area contributed by atoms with E-state index in [2.05, 4.69) is 6.92 Å². The van der Waals surface area contributed by atoms with Crippen molar-refractivity contribution in [3.63, 3.8) is 0 Å². The van der Waals surface area contributed by atoms with Gasteiger partial charge in [0.1, 0.15) is 5.78 Å². The van der Waals surface area contributed by atoms with Gasteiger partial charge in [0.2, 0.25) is 0 Å². The number of carbonyl (C=O) groups is 3. The van der Waals surface area contributed by atoms with Gasteiger partial charge in [-0.1, -0.05) is 80.4 Å². The Hall–Kier alpha value is -2.78. The van der Waals surface area contributed by atoms with E-state index >= 15 is 0 Å². The fourth-order valence-corrected chi connectivity index (χ4v) is 6.51. The summed E-state index contributed by atoms with van der Waals surface area (Å²) in [6.45, 7) is 2.43. The molecule has 8 heteroatoms. The van der Waals surface area contributed by atoms with Gasteiger partial charge in [-0.15, -0.1) is 0 Å². The minimum Gasteiger partial charge on any atom is -0.457 e. The van der Waals surface area contributed by atoms with Gasteiger partial charge in [0, 0.05) is 43.8 Å². The third-order valence-electron chi connectivity index (χ3n) is 7.99. The molecule has 0 aromatic heterocycles. The molecule has 0 bridgehead atoms. The van der Waals surface area contributed by atoms with E-state index in [0.717, 1.165) is 35.5 Å². The topological polar surface area (TPSA) is 110 Å². The van der Waals surface area contributed by atoms with Crippen LogP contribution in [-0.2, 0) is 38.5 Å². The summed E-state index contributed by atoms with van der Waals surface area (Å²) in [5, 5.41) is 21.1. The monoisotopic (exact) mass is 624 g/mol. The molecule has 1 unspecified atom stereocenters. The molecule has 1 aliphatic carbocycles. The maximum Gasteiger partial charge on any atom is 0.306 e. The molecule has 0 heterocycles. The second kappa shape index (κ2) is 19.6. The van der Waals surface area contributed by atoms with Crippen LogP contribution in [0.15, 0.2) is 60.7 Å². The van der Waals surface area contributed by atoms with Crippen LogP contribution in [0.3, 0.4) is 0 Å². The van der Waals surface area contributed by atoms with Crippen LogP contribution >= 0.6 is 11.8 Å². The fourth-order valence-electron chi connectivity index (χ4n) is 5.54. The number of thioether (sulfide) groups is 1. The Morgan fingerprint density at radius 1 is 1.05 bits per heavy atom. The third kappa shape index (κ3) is 12.3. The molecule has 2 N–H and O–H groups in total. The largest absolute Gasteiger partial charge is 0.457 e. The molecule has 2 aromatic rings. The first-order chi connectivity index (χ1) is 21.3. The van der Waals surface area contributed by atoms with E-state index in [1.807, 2.05) is 36.4 Å². The molecule has 0 saturated heterocycles. The van der Waals surface area contributed by atoms with Crippen molar-refractivity contribution in [3.05, 3.63) is 82.9 Å². The number of methoxy groups -OCH3 is 1. The molecular formula is C36H48O7S. The van der Waals surface area contributed by atoms with Gasteiger partial charge in [0.25, 0.3) is 0 Å². The number of aliphatic hydroxyl groups excluding tert-OH is 2. The van der Waals surface area contributed by atoms with E-state index in [1.54, 1.807) is 43.2 Å². The predicted octanol–water partition coefficient (Wildman–Crippen LogP) is 5.92. The van der Waals surface area contributed by atoms with Crippen LogP contribution in [0.2, 0.25) is 0 Å². The second-order valence-corrected chi connectivity index (χ2v) is 12.8. The normalized spacial score (nSPS) is 19.0. The van der Waals surface area contributed by atoms with E-state index in [4.69, 9.17) is 9.47 Å². The van der Waals surface area contributed by atoms with Gasteiger partial charge < -0.3 is 19.7 Å². The standard InChI is InChI=1S/C36H48O7S/c1-3-4-5-8-26-12-14-29(15-13-26)35(40)25-43-36(41)11-7-19-44-20-18-32-31(33(38)23-34(32)39)17-16-30(37)22-27-9-6-10-28(21-27)24-42-2/h6,9-10,12-17,21,30-33,37-38H,3-5,7-8,11,18-20,22-25H2,1-2H3/b17-16+/t30-,31?,32-,33-/m1/s1.